The highest BCUT2D eigenvalue weighted by Gasteiger charge is 2.22. The predicted molar refractivity (Wildman–Crippen MR) is 78.8 cm³/mol. The van der Waals surface area contributed by atoms with Crippen LogP contribution in [0.25, 0.3) is 6.08 Å². The second-order valence-electron chi connectivity index (χ2n) is 3.85. The van der Waals surface area contributed by atoms with Gasteiger partial charge >= 0.3 is 0 Å². The van der Waals surface area contributed by atoms with Crippen molar-refractivity contribution in [1.29, 1.82) is 0 Å². The Balaban J connectivity index is 2.39. The molecule has 98 valence electrons. The Hall–Kier alpha value is -1.73. The number of hydrogen-bond acceptors (Lipinski definition) is 5. The Bertz CT molecular complexity index is 611. The third-order valence-corrected chi connectivity index (χ3v) is 3.79. The summed E-state index contributed by atoms with van der Waals surface area (Å²) in [4.78, 5) is 22.5. The number of carbonyl (C=O) groups excluding carboxylic acids is 1. The molecule has 0 atom stereocenters. The molecule has 2 rings (SSSR count). The van der Waals surface area contributed by atoms with Crippen molar-refractivity contribution in [3.8, 4) is 0 Å². The summed E-state index contributed by atoms with van der Waals surface area (Å²) < 4.78 is 0.399. The Labute approximate surface area is 119 Å². The molecule has 0 aliphatic carbocycles. The highest BCUT2D eigenvalue weighted by Crippen LogP contribution is 2.28. The van der Waals surface area contributed by atoms with E-state index < -0.39 is 4.92 Å². The second-order valence-corrected chi connectivity index (χ2v) is 5.57. The Morgan fingerprint density at radius 2 is 2.26 bits per heavy atom. The zero-order chi connectivity index (χ0) is 14.0. The van der Waals surface area contributed by atoms with Gasteiger partial charge in [-0.05, 0) is 18.1 Å². The van der Waals surface area contributed by atoms with E-state index in [-0.39, 0.29) is 11.6 Å². The van der Waals surface area contributed by atoms with Crippen LogP contribution in [0.15, 0.2) is 23.1 Å². The average molecular weight is 294 g/mol. The lowest BCUT2D eigenvalue weighted by Gasteiger charge is -2.01. The van der Waals surface area contributed by atoms with Gasteiger partial charge in [0.25, 0.3) is 11.6 Å². The van der Waals surface area contributed by atoms with Gasteiger partial charge in [0.2, 0.25) is 0 Å². The van der Waals surface area contributed by atoms with Crippen LogP contribution in [0.3, 0.4) is 0 Å². The van der Waals surface area contributed by atoms with Crippen LogP contribution >= 0.6 is 24.0 Å². The van der Waals surface area contributed by atoms with E-state index in [1.807, 2.05) is 6.92 Å². The molecule has 1 saturated heterocycles. The van der Waals surface area contributed by atoms with Crippen molar-refractivity contribution in [1.82, 2.24) is 5.32 Å². The molecular formula is C12H10N2O3S2. The Morgan fingerprint density at radius 1 is 1.53 bits per heavy atom. The van der Waals surface area contributed by atoms with Crippen LogP contribution in [-0.4, -0.2) is 15.2 Å². The van der Waals surface area contributed by atoms with Gasteiger partial charge in [-0.3, -0.25) is 14.9 Å². The number of thiocarbonyl (C=S) groups is 1. The first-order valence-electron chi connectivity index (χ1n) is 5.53. The van der Waals surface area contributed by atoms with Gasteiger partial charge in [-0.2, -0.15) is 0 Å². The number of nitro groups is 1. The molecule has 0 saturated carbocycles. The Kier molecular flexibility index (Phi) is 3.96. The van der Waals surface area contributed by atoms with Crippen molar-refractivity contribution >= 4 is 46.0 Å². The van der Waals surface area contributed by atoms with Gasteiger partial charge in [-0.25, -0.2) is 0 Å². The highest BCUT2D eigenvalue weighted by molar-refractivity contribution is 8.26. The predicted octanol–water partition coefficient (Wildman–Crippen LogP) is 2.65. The molecule has 1 amide bonds. The molecule has 0 spiro atoms. The van der Waals surface area contributed by atoms with E-state index in [0.29, 0.717) is 26.8 Å². The van der Waals surface area contributed by atoms with Crippen LogP contribution in [-0.2, 0) is 11.2 Å². The molecule has 19 heavy (non-hydrogen) atoms. The molecule has 0 unspecified atom stereocenters. The monoisotopic (exact) mass is 294 g/mol. The third kappa shape index (κ3) is 2.99. The molecule has 1 aliphatic heterocycles. The van der Waals surface area contributed by atoms with Gasteiger partial charge in [0, 0.05) is 11.6 Å². The van der Waals surface area contributed by atoms with Crippen LogP contribution in [0.5, 0.6) is 0 Å². The summed E-state index contributed by atoms with van der Waals surface area (Å²) in [5.41, 5.74) is 1.36. The summed E-state index contributed by atoms with van der Waals surface area (Å²) in [6, 6.07) is 4.94. The maximum absolute atomic E-state index is 11.5. The lowest BCUT2D eigenvalue weighted by molar-refractivity contribution is -0.385. The minimum Gasteiger partial charge on any atom is -0.307 e. The number of nitro benzene ring substituents is 1. The largest absolute Gasteiger partial charge is 0.307 e. The van der Waals surface area contributed by atoms with E-state index >= 15 is 0 Å². The van der Waals surface area contributed by atoms with Gasteiger partial charge in [0.15, 0.2) is 0 Å². The van der Waals surface area contributed by atoms with E-state index in [9.17, 15) is 14.9 Å². The molecule has 0 radical (unpaired) electrons. The molecule has 1 N–H and O–H groups in total. The number of thioether (sulfide) groups is 1. The van der Waals surface area contributed by atoms with E-state index in [1.54, 1.807) is 18.2 Å². The van der Waals surface area contributed by atoms with E-state index in [1.165, 1.54) is 6.07 Å². The van der Waals surface area contributed by atoms with Crippen LogP contribution in [0.1, 0.15) is 18.1 Å². The number of benzene rings is 1. The van der Waals surface area contributed by atoms with E-state index in [0.717, 1.165) is 11.8 Å². The first-order valence-corrected chi connectivity index (χ1v) is 6.76. The van der Waals surface area contributed by atoms with E-state index in [4.69, 9.17) is 12.2 Å². The topological polar surface area (TPSA) is 72.2 Å². The Morgan fingerprint density at radius 3 is 2.79 bits per heavy atom. The summed E-state index contributed by atoms with van der Waals surface area (Å²) in [6.07, 6.45) is 2.19. The summed E-state index contributed by atoms with van der Waals surface area (Å²) >= 11 is 6.03. The number of nitrogens with one attached hydrogen (secondary N) is 1. The average Bonchev–Trinajstić information content (AvgIpc) is 2.67. The number of hydrogen-bond donors (Lipinski definition) is 1. The number of carbonyl (C=O) groups is 1. The van der Waals surface area contributed by atoms with Crippen molar-refractivity contribution in [2.45, 2.75) is 13.3 Å². The van der Waals surface area contributed by atoms with E-state index in [2.05, 4.69) is 5.32 Å². The first kappa shape index (κ1) is 13.7. The minimum atomic E-state index is -0.409. The first-order chi connectivity index (χ1) is 9.01. The standard InChI is InChI=1S/C12H10N2O3S2/c1-2-8-4-3-7(5-9(8)14(16)17)6-10-11(15)13-12(18)19-10/h3-6H,2H2,1H3,(H,13,15,18)/b10-6+. The molecule has 1 aromatic rings. The van der Waals surface area contributed by atoms with Crippen molar-refractivity contribution in [3.05, 3.63) is 44.3 Å². The smallest absolute Gasteiger partial charge is 0.273 e. The van der Waals surface area contributed by atoms with Crippen molar-refractivity contribution < 1.29 is 9.72 Å². The van der Waals surface area contributed by atoms with Crippen LogP contribution in [0.2, 0.25) is 0 Å². The lowest BCUT2D eigenvalue weighted by Crippen LogP contribution is -2.17. The summed E-state index contributed by atoms with van der Waals surface area (Å²) in [7, 11) is 0. The molecule has 7 heteroatoms. The quantitative estimate of drug-likeness (QED) is 0.401. The van der Waals surface area contributed by atoms with Crippen LogP contribution < -0.4 is 5.32 Å². The summed E-state index contributed by atoms with van der Waals surface area (Å²) in [5.74, 6) is -0.266. The number of nitrogens with zero attached hydrogens (tertiary/aromatic N) is 1. The fourth-order valence-electron chi connectivity index (χ4n) is 1.71. The molecule has 1 fully saturated rings. The van der Waals surface area contributed by atoms with Crippen molar-refractivity contribution in [3.63, 3.8) is 0 Å². The summed E-state index contributed by atoms with van der Waals surface area (Å²) in [6.45, 7) is 1.86. The zero-order valence-corrected chi connectivity index (χ0v) is 11.6. The molecule has 1 heterocycles. The zero-order valence-electron chi connectivity index (χ0n) is 10.0. The fourth-order valence-corrected chi connectivity index (χ4v) is 2.76. The highest BCUT2D eigenvalue weighted by atomic mass is 32.2. The van der Waals surface area contributed by atoms with Crippen LogP contribution in [0, 0.1) is 10.1 Å². The van der Waals surface area contributed by atoms with Crippen molar-refractivity contribution in [2.24, 2.45) is 0 Å². The van der Waals surface area contributed by atoms with Gasteiger partial charge in [-0.1, -0.05) is 43.0 Å². The number of amides is 1. The molecule has 0 bridgehead atoms. The fraction of sp³-hybridized carbons (Fsp3) is 0.167. The molecule has 0 aromatic heterocycles. The normalized spacial score (nSPS) is 16.8. The van der Waals surface area contributed by atoms with Gasteiger partial charge in [-0.15, -0.1) is 0 Å². The lowest BCUT2D eigenvalue weighted by atomic mass is 10.1. The molecule has 1 aliphatic rings. The maximum Gasteiger partial charge on any atom is 0.273 e. The molecule has 5 nitrogen and oxygen atoms in total. The molecular weight excluding hydrogens is 284 g/mol. The van der Waals surface area contributed by atoms with Gasteiger partial charge < -0.3 is 5.32 Å². The maximum atomic E-state index is 11.5. The van der Waals surface area contributed by atoms with Crippen LogP contribution in [0.4, 0.5) is 5.69 Å². The number of aryl methyl sites for hydroxylation is 1. The van der Waals surface area contributed by atoms with Crippen molar-refractivity contribution in [2.75, 3.05) is 0 Å². The van der Waals surface area contributed by atoms with Gasteiger partial charge in [0.05, 0.1) is 9.83 Å². The second kappa shape index (κ2) is 5.50. The SMILES string of the molecule is CCc1ccc(/C=C2/SC(=S)NC2=O)cc1[N+](=O)[O-]. The summed E-state index contributed by atoms with van der Waals surface area (Å²) in [5, 5.41) is 13.5. The third-order valence-electron chi connectivity index (χ3n) is 2.63. The van der Waals surface area contributed by atoms with Gasteiger partial charge in [0.1, 0.15) is 4.32 Å². The number of rotatable bonds is 3. The molecule has 1 aromatic carbocycles. The minimum absolute atomic E-state index is 0.0721.